The lowest BCUT2D eigenvalue weighted by Crippen LogP contribution is -2.13. The number of aliphatic imine (C=N–C) groups is 1. The topological polar surface area (TPSA) is 149 Å². The first-order valence-electron chi connectivity index (χ1n) is 5.50. The molecule has 0 radical (unpaired) electrons. The number of nitriles is 2. The molecule has 0 bridgehead atoms. The van der Waals surface area contributed by atoms with Crippen LogP contribution in [-0.2, 0) is 0 Å². The lowest BCUT2D eigenvalue weighted by molar-refractivity contribution is 0.949. The smallest absolute Gasteiger partial charge is 0.242 e. The first kappa shape index (κ1) is 14.8. The zero-order chi connectivity index (χ0) is 15.0. The molecule has 0 atom stereocenters. The third-order valence-electron chi connectivity index (χ3n) is 2.23. The third kappa shape index (κ3) is 4.20. The van der Waals surface area contributed by atoms with Crippen molar-refractivity contribution in [1.82, 2.24) is 0 Å². The van der Waals surface area contributed by atoms with Crippen LogP contribution in [0.15, 0.2) is 44.6 Å². The molecule has 0 aliphatic heterocycles. The van der Waals surface area contributed by atoms with Crippen LogP contribution in [0.2, 0.25) is 0 Å². The number of nitrogens with zero attached hydrogens (tertiary/aromatic N) is 6. The highest BCUT2D eigenvalue weighted by Crippen LogP contribution is 2.14. The first-order chi connectivity index (χ1) is 9.60. The number of hydrogen-bond acceptors (Lipinski definition) is 6. The highest BCUT2D eigenvalue weighted by atomic mass is 15.2. The highest BCUT2D eigenvalue weighted by molar-refractivity contribution is 6.05. The van der Waals surface area contributed by atoms with Crippen molar-refractivity contribution >= 4 is 17.4 Å². The lowest BCUT2D eigenvalue weighted by atomic mass is 10.1. The van der Waals surface area contributed by atoms with Crippen LogP contribution in [0, 0.1) is 22.7 Å². The summed E-state index contributed by atoms with van der Waals surface area (Å²) in [7, 11) is 0. The molecule has 100 valence electrons. The zero-order valence-corrected chi connectivity index (χ0v) is 10.7. The second-order valence-corrected chi connectivity index (χ2v) is 3.61. The predicted octanol–water partition coefficient (Wildman–Crippen LogP) is 1.18. The van der Waals surface area contributed by atoms with Gasteiger partial charge in [0.25, 0.3) is 0 Å². The Hall–Kier alpha value is -3.26. The van der Waals surface area contributed by atoms with Gasteiger partial charge in [-0.2, -0.15) is 20.8 Å². The number of benzene rings is 1. The van der Waals surface area contributed by atoms with Gasteiger partial charge in [0.05, 0.1) is 5.69 Å². The fraction of sp³-hybridized carbons (Fsp3) is 0.167. The number of rotatable bonds is 3. The maximum absolute atomic E-state index is 8.55. The molecule has 8 heteroatoms. The van der Waals surface area contributed by atoms with Gasteiger partial charge in [-0.15, -0.1) is 5.10 Å². The summed E-state index contributed by atoms with van der Waals surface area (Å²) in [5.74, 6) is 4.98. The van der Waals surface area contributed by atoms with Crippen LogP contribution in [0.3, 0.4) is 0 Å². The molecule has 0 saturated carbocycles. The Bertz CT molecular complexity index is 613. The minimum Gasteiger partial charge on any atom is -0.367 e. The van der Waals surface area contributed by atoms with E-state index >= 15 is 0 Å². The van der Waals surface area contributed by atoms with E-state index < -0.39 is 6.04 Å². The summed E-state index contributed by atoms with van der Waals surface area (Å²) in [6, 6.07) is 9.17. The van der Waals surface area contributed by atoms with E-state index in [1.165, 1.54) is 0 Å². The van der Waals surface area contributed by atoms with E-state index in [0.29, 0.717) is 11.4 Å². The van der Waals surface area contributed by atoms with Crippen molar-refractivity contribution in [1.29, 1.82) is 10.5 Å². The van der Waals surface area contributed by atoms with Gasteiger partial charge in [0, 0.05) is 5.71 Å². The molecule has 0 unspecified atom stereocenters. The van der Waals surface area contributed by atoms with Crippen molar-refractivity contribution in [3.05, 3.63) is 29.8 Å². The Labute approximate surface area is 115 Å². The second-order valence-electron chi connectivity index (χ2n) is 3.61. The predicted molar refractivity (Wildman–Crippen MR) is 74.0 cm³/mol. The van der Waals surface area contributed by atoms with Crippen LogP contribution < -0.4 is 11.6 Å². The Kier molecular flexibility index (Phi) is 5.35. The quantitative estimate of drug-likeness (QED) is 0.278. The molecular weight excluding hydrogens is 256 g/mol. The number of guanidine groups is 1. The molecule has 0 aromatic heterocycles. The minimum atomic E-state index is -1.10. The maximum Gasteiger partial charge on any atom is 0.242 e. The van der Waals surface area contributed by atoms with Gasteiger partial charge < -0.3 is 11.6 Å². The standard InChI is InChI=1S/C12H12N8/c1-8(17-12(15)18-16)9-2-4-10(5-3-9)19-20-11(6-13)7-14/h2-5,11H,16H2,1H3,(H2,15,18)/b17-8+,20-19?. The molecule has 1 aromatic rings. The van der Waals surface area contributed by atoms with E-state index in [-0.39, 0.29) is 5.96 Å². The van der Waals surface area contributed by atoms with Crippen LogP contribution in [0.5, 0.6) is 0 Å². The molecule has 4 N–H and O–H groups in total. The molecule has 0 saturated heterocycles. The molecule has 0 fully saturated rings. The Balaban J connectivity index is 2.88. The molecule has 20 heavy (non-hydrogen) atoms. The zero-order valence-electron chi connectivity index (χ0n) is 10.7. The minimum absolute atomic E-state index is 0.0165. The normalized spacial score (nSPS) is 12.4. The maximum atomic E-state index is 8.55. The number of hydrazone groups is 1. The van der Waals surface area contributed by atoms with Crippen LogP contribution in [-0.4, -0.2) is 17.7 Å². The molecule has 0 amide bonds. The monoisotopic (exact) mass is 268 g/mol. The van der Waals surface area contributed by atoms with E-state index in [4.69, 9.17) is 22.1 Å². The van der Waals surface area contributed by atoms with Crippen molar-refractivity contribution in [2.45, 2.75) is 13.0 Å². The second kappa shape index (κ2) is 7.24. The highest BCUT2D eigenvalue weighted by Gasteiger charge is 2.02. The van der Waals surface area contributed by atoms with Crippen LogP contribution in [0.1, 0.15) is 12.5 Å². The Morgan fingerprint density at radius 2 is 1.80 bits per heavy atom. The molecule has 0 heterocycles. The fourth-order valence-electron chi connectivity index (χ4n) is 1.24. The Morgan fingerprint density at radius 3 is 2.30 bits per heavy atom. The van der Waals surface area contributed by atoms with Crippen molar-refractivity contribution in [2.24, 2.45) is 31.9 Å². The summed E-state index contributed by atoms with van der Waals surface area (Å²) in [6.45, 7) is 1.76. The molecule has 0 spiro atoms. The summed E-state index contributed by atoms with van der Waals surface area (Å²) in [5, 5.41) is 27.7. The summed E-state index contributed by atoms with van der Waals surface area (Å²) in [4.78, 5) is 3.98. The summed E-state index contributed by atoms with van der Waals surface area (Å²) in [6.07, 6.45) is 0. The van der Waals surface area contributed by atoms with Gasteiger partial charge in [0.1, 0.15) is 12.1 Å². The summed E-state index contributed by atoms with van der Waals surface area (Å²) >= 11 is 0. The first-order valence-corrected chi connectivity index (χ1v) is 5.50. The van der Waals surface area contributed by atoms with E-state index in [9.17, 15) is 0 Å². The molecule has 0 aliphatic rings. The molecule has 1 rings (SSSR count). The van der Waals surface area contributed by atoms with Gasteiger partial charge in [-0.3, -0.25) is 0 Å². The van der Waals surface area contributed by atoms with Gasteiger partial charge in [0.2, 0.25) is 12.0 Å². The SMILES string of the molecule is C/C(=N\C(N)=N\N)c1ccc(N=NC(C#N)C#N)cc1. The summed E-state index contributed by atoms with van der Waals surface area (Å²) < 4.78 is 0. The third-order valence-corrected chi connectivity index (χ3v) is 2.23. The van der Waals surface area contributed by atoms with Crippen LogP contribution in [0.4, 0.5) is 5.69 Å². The average Bonchev–Trinajstić information content (AvgIpc) is 2.48. The van der Waals surface area contributed by atoms with Gasteiger partial charge in [-0.1, -0.05) is 12.1 Å². The molecule has 1 aromatic carbocycles. The number of hydrogen-bond donors (Lipinski definition) is 2. The number of nitrogens with two attached hydrogens (primary N) is 2. The number of azo groups is 1. The van der Waals surface area contributed by atoms with Gasteiger partial charge in [-0.25, -0.2) is 4.99 Å². The average molecular weight is 268 g/mol. The van der Waals surface area contributed by atoms with E-state index in [1.807, 2.05) is 0 Å². The lowest BCUT2D eigenvalue weighted by Gasteiger charge is -2.00. The van der Waals surface area contributed by atoms with Crippen LogP contribution in [0.25, 0.3) is 0 Å². The van der Waals surface area contributed by atoms with Crippen molar-refractivity contribution in [2.75, 3.05) is 0 Å². The van der Waals surface area contributed by atoms with Crippen molar-refractivity contribution in [3.63, 3.8) is 0 Å². The fourth-order valence-corrected chi connectivity index (χ4v) is 1.24. The van der Waals surface area contributed by atoms with E-state index in [2.05, 4.69) is 20.3 Å². The Morgan fingerprint density at radius 1 is 1.20 bits per heavy atom. The van der Waals surface area contributed by atoms with Gasteiger partial charge >= 0.3 is 0 Å². The van der Waals surface area contributed by atoms with E-state index in [1.54, 1.807) is 43.3 Å². The largest absolute Gasteiger partial charge is 0.367 e. The van der Waals surface area contributed by atoms with Gasteiger partial charge in [0.15, 0.2) is 0 Å². The van der Waals surface area contributed by atoms with E-state index in [0.717, 1.165) is 5.56 Å². The summed E-state index contributed by atoms with van der Waals surface area (Å²) in [5.41, 5.74) is 7.38. The molecular formula is C12H12N8. The van der Waals surface area contributed by atoms with Crippen molar-refractivity contribution < 1.29 is 0 Å². The molecule has 8 nitrogen and oxygen atoms in total. The van der Waals surface area contributed by atoms with Crippen molar-refractivity contribution in [3.8, 4) is 12.1 Å². The van der Waals surface area contributed by atoms with Gasteiger partial charge in [-0.05, 0) is 24.6 Å². The van der Waals surface area contributed by atoms with Crippen LogP contribution >= 0.6 is 0 Å². The molecule has 0 aliphatic carbocycles.